The summed E-state index contributed by atoms with van der Waals surface area (Å²) in [5, 5.41) is 0.729. The number of hydrogen-bond acceptors (Lipinski definition) is 5. The summed E-state index contributed by atoms with van der Waals surface area (Å²) in [5.41, 5.74) is 6.53. The van der Waals surface area contributed by atoms with Crippen molar-refractivity contribution < 1.29 is 17.7 Å². The first-order chi connectivity index (χ1) is 13.0. The molecule has 0 bridgehead atoms. The van der Waals surface area contributed by atoms with Crippen molar-refractivity contribution in [2.75, 3.05) is 5.73 Å². The molecular formula is C20H23BN2O4S. The molecule has 3 aromatic rings. The van der Waals surface area contributed by atoms with Crippen LogP contribution in [0.5, 0.6) is 0 Å². The van der Waals surface area contributed by atoms with Crippen molar-refractivity contribution in [3.63, 3.8) is 0 Å². The van der Waals surface area contributed by atoms with Gasteiger partial charge in [0, 0.05) is 22.7 Å². The lowest BCUT2D eigenvalue weighted by Crippen LogP contribution is -2.41. The van der Waals surface area contributed by atoms with E-state index in [0.717, 1.165) is 5.39 Å². The summed E-state index contributed by atoms with van der Waals surface area (Å²) in [4.78, 5) is 0.204. The molecule has 6 nitrogen and oxygen atoms in total. The van der Waals surface area contributed by atoms with Gasteiger partial charge in [-0.05, 0) is 52.0 Å². The maximum Gasteiger partial charge on any atom is 0.497 e. The van der Waals surface area contributed by atoms with Crippen LogP contribution in [-0.4, -0.2) is 30.7 Å². The summed E-state index contributed by atoms with van der Waals surface area (Å²) in [6.07, 6.45) is 1.58. The number of rotatable bonds is 3. The topological polar surface area (TPSA) is 83.5 Å². The molecule has 0 aliphatic carbocycles. The Balaban J connectivity index is 1.92. The molecule has 2 heterocycles. The van der Waals surface area contributed by atoms with Gasteiger partial charge in [0.2, 0.25) is 0 Å². The van der Waals surface area contributed by atoms with E-state index in [2.05, 4.69) is 0 Å². The van der Waals surface area contributed by atoms with Crippen molar-refractivity contribution in [2.24, 2.45) is 0 Å². The average molecular weight is 398 g/mol. The number of nitrogens with two attached hydrogens (primary N) is 1. The zero-order chi connectivity index (χ0) is 20.3. The number of fused-ring (bicyclic) bond motifs is 1. The van der Waals surface area contributed by atoms with Crippen molar-refractivity contribution >= 4 is 39.2 Å². The molecule has 1 saturated heterocycles. The fraction of sp³-hybridized carbons (Fsp3) is 0.300. The van der Waals surface area contributed by atoms with Crippen LogP contribution in [0.2, 0.25) is 0 Å². The quantitative estimate of drug-likeness (QED) is 0.542. The number of nitrogens with zero attached hydrogens (tertiary/aromatic N) is 1. The molecule has 146 valence electrons. The number of hydrogen-bond donors (Lipinski definition) is 1. The molecule has 1 fully saturated rings. The number of benzene rings is 2. The van der Waals surface area contributed by atoms with Gasteiger partial charge < -0.3 is 15.0 Å². The SMILES string of the molecule is CC1(C)OB(c2cn(S(=O)(=O)c3ccccc3)c3cc(N)ccc23)OC1(C)C. The van der Waals surface area contributed by atoms with E-state index in [1.807, 2.05) is 33.8 Å². The van der Waals surface area contributed by atoms with E-state index >= 15 is 0 Å². The van der Waals surface area contributed by atoms with Crippen molar-refractivity contribution in [3.8, 4) is 0 Å². The third kappa shape index (κ3) is 2.83. The maximum atomic E-state index is 13.3. The Morgan fingerprint density at radius 2 is 1.57 bits per heavy atom. The van der Waals surface area contributed by atoms with E-state index in [0.29, 0.717) is 16.7 Å². The first-order valence-corrected chi connectivity index (χ1v) is 10.5. The van der Waals surface area contributed by atoms with Gasteiger partial charge in [-0.3, -0.25) is 0 Å². The molecular weight excluding hydrogens is 375 g/mol. The normalized spacial score (nSPS) is 18.6. The highest BCUT2D eigenvalue weighted by molar-refractivity contribution is 7.90. The number of aromatic nitrogens is 1. The molecule has 0 atom stereocenters. The molecule has 0 spiro atoms. The Bertz CT molecular complexity index is 1140. The second-order valence-electron chi connectivity index (χ2n) is 8.06. The van der Waals surface area contributed by atoms with Crippen LogP contribution in [0.1, 0.15) is 27.7 Å². The molecule has 4 rings (SSSR count). The molecule has 2 N–H and O–H groups in total. The zero-order valence-electron chi connectivity index (χ0n) is 16.3. The summed E-state index contributed by atoms with van der Waals surface area (Å²) < 4.78 is 40.1. The second kappa shape index (κ2) is 6.11. The largest absolute Gasteiger partial charge is 0.497 e. The summed E-state index contributed by atoms with van der Waals surface area (Å²) in [7, 11) is -4.48. The highest BCUT2D eigenvalue weighted by Gasteiger charge is 2.52. The Kier molecular flexibility index (Phi) is 4.15. The molecule has 28 heavy (non-hydrogen) atoms. The minimum Gasteiger partial charge on any atom is -0.399 e. The smallest absolute Gasteiger partial charge is 0.399 e. The fourth-order valence-electron chi connectivity index (χ4n) is 3.30. The van der Waals surface area contributed by atoms with E-state index in [1.54, 1.807) is 48.7 Å². The lowest BCUT2D eigenvalue weighted by atomic mass is 9.79. The van der Waals surface area contributed by atoms with Crippen molar-refractivity contribution in [1.29, 1.82) is 0 Å². The third-order valence-electron chi connectivity index (χ3n) is 5.63. The summed E-state index contributed by atoms with van der Waals surface area (Å²) in [5.74, 6) is 0. The molecule has 0 unspecified atom stereocenters. The highest BCUT2D eigenvalue weighted by Crippen LogP contribution is 2.37. The monoisotopic (exact) mass is 398 g/mol. The molecule has 2 aromatic carbocycles. The van der Waals surface area contributed by atoms with E-state index in [4.69, 9.17) is 15.0 Å². The molecule has 1 aliphatic rings. The van der Waals surface area contributed by atoms with Gasteiger partial charge in [0.1, 0.15) is 0 Å². The minimum absolute atomic E-state index is 0.204. The van der Waals surface area contributed by atoms with Crippen molar-refractivity contribution in [1.82, 2.24) is 3.97 Å². The Labute approximate surface area is 165 Å². The molecule has 0 radical (unpaired) electrons. The summed E-state index contributed by atoms with van der Waals surface area (Å²) >= 11 is 0. The predicted octanol–water partition coefficient (Wildman–Crippen LogP) is 2.76. The lowest BCUT2D eigenvalue weighted by molar-refractivity contribution is 0.00578. The van der Waals surface area contributed by atoms with Crippen molar-refractivity contribution in [3.05, 3.63) is 54.7 Å². The van der Waals surface area contributed by atoms with Crippen LogP contribution in [0.4, 0.5) is 5.69 Å². The van der Waals surface area contributed by atoms with E-state index in [-0.39, 0.29) is 4.90 Å². The van der Waals surface area contributed by atoms with Gasteiger partial charge in [0.05, 0.1) is 21.6 Å². The van der Waals surface area contributed by atoms with E-state index < -0.39 is 28.3 Å². The van der Waals surface area contributed by atoms with Crippen molar-refractivity contribution in [2.45, 2.75) is 43.8 Å². The minimum atomic E-state index is -3.80. The second-order valence-corrected chi connectivity index (χ2v) is 9.88. The molecule has 0 amide bonds. The Morgan fingerprint density at radius 3 is 2.18 bits per heavy atom. The van der Waals surface area contributed by atoms with Gasteiger partial charge in [-0.1, -0.05) is 24.3 Å². The number of nitrogen functional groups attached to an aromatic ring is 1. The fourth-order valence-corrected chi connectivity index (χ4v) is 4.69. The van der Waals surface area contributed by atoms with Gasteiger partial charge in [-0.25, -0.2) is 12.4 Å². The molecule has 1 aromatic heterocycles. The van der Waals surface area contributed by atoms with Crippen LogP contribution < -0.4 is 11.2 Å². The number of anilines is 1. The molecule has 8 heteroatoms. The molecule has 1 aliphatic heterocycles. The van der Waals surface area contributed by atoms with Gasteiger partial charge >= 0.3 is 7.12 Å². The first-order valence-electron chi connectivity index (χ1n) is 9.10. The van der Waals surface area contributed by atoms with Crippen LogP contribution in [0.3, 0.4) is 0 Å². The molecule has 0 saturated carbocycles. The van der Waals surface area contributed by atoms with Gasteiger partial charge in [0.15, 0.2) is 0 Å². The standard InChI is InChI=1S/C20H23BN2O4S/c1-19(2)20(3,4)27-21(26-19)17-13-23(18-12-14(22)10-11-16(17)18)28(24,25)15-8-6-5-7-9-15/h5-13H,22H2,1-4H3. The lowest BCUT2D eigenvalue weighted by Gasteiger charge is -2.32. The third-order valence-corrected chi connectivity index (χ3v) is 7.32. The average Bonchev–Trinajstić information content (AvgIpc) is 3.10. The highest BCUT2D eigenvalue weighted by atomic mass is 32.2. The van der Waals surface area contributed by atoms with E-state index in [1.165, 1.54) is 3.97 Å². The maximum absolute atomic E-state index is 13.3. The van der Waals surface area contributed by atoms with Crippen LogP contribution in [0.25, 0.3) is 10.9 Å². The zero-order valence-corrected chi connectivity index (χ0v) is 17.2. The van der Waals surface area contributed by atoms with Crippen LogP contribution in [0, 0.1) is 0 Å². The Hall–Kier alpha value is -2.29. The first kappa shape index (κ1) is 19.0. The van der Waals surface area contributed by atoms with Gasteiger partial charge in [-0.2, -0.15) is 0 Å². The van der Waals surface area contributed by atoms with Crippen LogP contribution >= 0.6 is 0 Å². The van der Waals surface area contributed by atoms with Gasteiger partial charge in [-0.15, -0.1) is 0 Å². The predicted molar refractivity (Wildman–Crippen MR) is 111 cm³/mol. The summed E-state index contributed by atoms with van der Waals surface area (Å²) in [6, 6.07) is 13.5. The Morgan fingerprint density at radius 1 is 0.964 bits per heavy atom. The van der Waals surface area contributed by atoms with E-state index in [9.17, 15) is 8.42 Å². The summed E-state index contributed by atoms with van der Waals surface area (Å²) in [6.45, 7) is 7.85. The van der Waals surface area contributed by atoms with Crippen LogP contribution in [0.15, 0.2) is 59.6 Å². The van der Waals surface area contributed by atoms with Gasteiger partial charge in [0.25, 0.3) is 10.0 Å². The van der Waals surface area contributed by atoms with Crippen LogP contribution in [-0.2, 0) is 19.3 Å².